The Labute approximate surface area is 88.9 Å². The molecule has 0 saturated heterocycles. The maximum absolute atomic E-state index is 10.8. The number of phenolic OH excluding ortho intramolecular Hbond substituents is 1. The van der Waals surface area contributed by atoms with Crippen LogP contribution in [-0.2, 0) is 11.2 Å². The number of carbonyl (C=O) groups excluding carboxylic acids is 1. The summed E-state index contributed by atoms with van der Waals surface area (Å²) in [6.07, 6.45) is 0.410. The first-order valence-electron chi connectivity index (χ1n) is 4.75. The summed E-state index contributed by atoms with van der Waals surface area (Å²) in [7, 11) is 0. The normalized spacial score (nSPS) is 12.5. The molecule has 4 nitrogen and oxygen atoms in total. The van der Waals surface area contributed by atoms with Crippen molar-refractivity contribution in [2.45, 2.75) is 26.3 Å². The van der Waals surface area contributed by atoms with Crippen molar-refractivity contribution in [3.63, 3.8) is 0 Å². The Morgan fingerprint density at radius 2 is 1.87 bits per heavy atom. The lowest BCUT2D eigenvalue weighted by Gasteiger charge is -2.13. The van der Waals surface area contributed by atoms with Crippen molar-refractivity contribution in [3.05, 3.63) is 28.8 Å². The van der Waals surface area contributed by atoms with E-state index < -0.39 is 11.9 Å². The van der Waals surface area contributed by atoms with Crippen LogP contribution in [0.3, 0.4) is 0 Å². The number of benzene rings is 1. The summed E-state index contributed by atoms with van der Waals surface area (Å²) in [6.45, 7) is 3.74. The summed E-state index contributed by atoms with van der Waals surface area (Å²) in [5.74, 6) is -0.289. The predicted octanol–water partition coefficient (Wildman–Crippen LogP) is 0.364. The van der Waals surface area contributed by atoms with Gasteiger partial charge in [0.15, 0.2) is 0 Å². The Balaban J connectivity index is 3.00. The fraction of sp³-hybridized carbons (Fsp3) is 0.364. The van der Waals surface area contributed by atoms with Gasteiger partial charge in [0.1, 0.15) is 5.75 Å². The lowest BCUT2D eigenvalue weighted by Crippen LogP contribution is -2.38. The molecule has 0 aromatic heterocycles. The van der Waals surface area contributed by atoms with Crippen LogP contribution in [0.4, 0.5) is 0 Å². The van der Waals surface area contributed by atoms with E-state index in [2.05, 4.69) is 0 Å². The molecular formula is C11H16N2O2. The molecule has 0 spiro atoms. The molecule has 4 heteroatoms. The molecule has 82 valence electrons. The summed E-state index contributed by atoms with van der Waals surface area (Å²) >= 11 is 0. The van der Waals surface area contributed by atoms with Gasteiger partial charge in [-0.05, 0) is 49.1 Å². The van der Waals surface area contributed by atoms with Crippen molar-refractivity contribution in [3.8, 4) is 5.75 Å². The molecule has 0 saturated carbocycles. The highest BCUT2D eigenvalue weighted by Gasteiger charge is 2.13. The van der Waals surface area contributed by atoms with E-state index in [4.69, 9.17) is 11.5 Å². The van der Waals surface area contributed by atoms with E-state index in [1.165, 1.54) is 0 Å². The molecule has 0 aliphatic carbocycles. The molecule has 1 rings (SSSR count). The number of hydrogen-bond acceptors (Lipinski definition) is 3. The SMILES string of the molecule is Cc1cc(O)cc(C)c1CC(N)C(N)=O. The van der Waals surface area contributed by atoms with Crippen molar-refractivity contribution in [1.82, 2.24) is 0 Å². The third-order valence-electron chi connectivity index (χ3n) is 2.47. The van der Waals surface area contributed by atoms with Crippen LogP contribution in [0, 0.1) is 13.8 Å². The van der Waals surface area contributed by atoms with Crippen LogP contribution < -0.4 is 11.5 Å². The smallest absolute Gasteiger partial charge is 0.234 e. The summed E-state index contributed by atoms with van der Waals surface area (Å²) < 4.78 is 0. The van der Waals surface area contributed by atoms with Gasteiger partial charge in [-0.2, -0.15) is 0 Å². The molecule has 0 bridgehead atoms. The molecule has 1 atom stereocenters. The Kier molecular flexibility index (Phi) is 3.31. The molecule has 1 amide bonds. The second-order valence-corrected chi connectivity index (χ2v) is 3.77. The maximum Gasteiger partial charge on any atom is 0.234 e. The molecule has 0 aliphatic heterocycles. The van der Waals surface area contributed by atoms with Gasteiger partial charge < -0.3 is 16.6 Å². The predicted molar refractivity (Wildman–Crippen MR) is 58.5 cm³/mol. The van der Waals surface area contributed by atoms with Crippen LogP contribution >= 0.6 is 0 Å². The van der Waals surface area contributed by atoms with Crippen molar-refractivity contribution >= 4 is 5.91 Å². The summed E-state index contributed by atoms with van der Waals surface area (Å²) in [4.78, 5) is 10.8. The van der Waals surface area contributed by atoms with E-state index in [1.807, 2.05) is 13.8 Å². The lowest BCUT2D eigenvalue weighted by molar-refractivity contribution is -0.119. The average molecular weight is 208 g/mol. The van der Waals surface area contributed by atoms with Crippen LogP contribution in [0.5, 0.6) is 5.75 Å². The highest BCUT2D eigenvalue weighted by Crippen LogP contribution is 2.21. The van der Waals surface area contributed by atoms with Crippen LogP contribution in [-0.4, -0.2) is 17.1 Å². The van der Waals surface area contributed by atoms with E-state index in [-0.39, 0.29) is 5.75 Å². The second-order valence-electron chi connectivity index (χ2n) is 3.77. The van der Waals surface area contributed by atoms with E-state index in [0.717, 1.165) is 16.7 Å². The molecule has 0 aliphatic rings. The molecule has 1 unspecified atom stereocenters. The van der Waals surface area contributed by atoms with Crippen LogP contribution in [0.1, 0.15) is 16.7 Å². The van der Waals surface area contributed by atoms with Gasteiger partial charge in [-0.3, -0.25) is 4.79 Å². The highest BCUT2D eigenvalue weighted by molar-refractivity contribution is 5.80. The molecule has 0 heterocycles. The largest absolute Gasteiger partial charge is 0.508 e. The van der Waals surface area contributed by atoms with Crippen molar-refractivity contribution in [2.24, 2.45) is 11.5 Å². The second kappa shape index (κ2) is 4.31. The Morgan fingerprint density at radius 1 is 1.40 bits per heavy atom. The zero-order chi connectivity index (χ0) is 11.6. The Hall–Kier alpha value is -1.55. The molecule has 5 N–H and O–H groups in total. The summed E-state index contributed by atoms with van der Waals surface area (Å²) in [6, 6.07) is 2.62. The van der Waals surface area contributed by atoms with Crippen LogP contribution in [0.25, 0.3) is 0 Å². The van der Waals surface area contributed by atoms with Gasteiger partial charge in [-0.15, -0.1) is 0 Å². The first-order chi connectivity index (χ1) is 6.91. The highest BCUT2D eigenvalue weighted by atomic mass is 16.3. The monoisotopic (exact) mass is 208 g/mol. The number of aryl methyl sites for hydroxylation is 2. The third kappa shape index (κ3) is 2.70. The third-order valence-corrected chi connectivity index (χ3v) is 2.47. The zero-order valence-corrected chi connectivity index (χ0v) is 8.95. The summed E-state index contributed by atoms with van der Waals surface area (Å²) in [5.41, 5.74) is 13.5. The molecular weight excluding hydrogens is 192 g/mol. The maximum atomic E-state index is 10.8. The van der Waals surface area contributed by atoms with Gasteiger partial charge >= 0.3 is 0 Å². The number of primary amides is 1. The number of amides is 1. The minimum absolute atomic E-state index is 0.224. The van der Waals surface area contributed by atoms with Gasteiger partial charge in [0.2, 0.25) is 5.91 Å². The van der Waals surface area contributed by atoms with E-state index in [9.17, 15) is 9.90 Å². The number of nitrogens with two attached hydrogens (primary N) is 2. The van der Waals surface area contributed by atoms with Crippen LogP contribution in [0.15, 0.2) is 12.1 Å². The van der Waals surface area contributed by atoms with Gasteiger partial charge in [-0.1, -0.05) is 0 Å². The van der Waals surface area contributed by atoms with Crippen molar-refractivity contribution < 1.29 is 9.90 Å². The number of hydrogen-bond donors (Lipinski definition) is 3. The lowest BCUT2D eigenvalue weighted by atomic mass is 9.96. The molecule has 1 aromatic rings. The first-order valence-corrected chi connectivity index (χ1v) is 4.75. The van der Waals surface area contributed by atoms with Gasteiger partial charge in [-0.25, -0.2) is 0 Å². The number of phenols is 1. The minimum atomic E-state index is -0.674. The van der Waals surface area contributed by atoms with E-state index in [0.29, 0.717) is 6.42 Å². The molecule has 0 fully saturated rings. The van der Waals surface area contributed by atoms with E-state index >= 15 is 0 Å². The van der Waals surface area contributed by atoms with E-state index in [1.54, 1.807) is 12.1 Å². The molecule has 0 radical (unpaired) electrons. The standard InChI is InChI=1S/C11H16N2O2/c1-6-3-8(14)4-7(2)9(6)5-10(12)11(13)15/h3-4,10,14H,5,12H2,1-2H3,(H2,13,15). The number of aromatic hydroxyl groups is 1. The van der Waals surface area contributed by atoms with Crippen molar-refractivity contribution in [2.75, 3.05) is 0 Å². The fourth-order valence-electron chi connectivity index (χ4n) is 1.61. The fourth-order valence-corrected chi connectivity index (χ4v) is 1.61. The zero-order valence-electron chi connectivity index (χ0n) is 8.95. The topological polar surface area (TPSA) is 89.3 Å². The Morgan fingerprint density at radius 3 is 2.27 bits per heavy atom. The Bertz CT molecular complexity index is 365. The number of carbonyl (C=O) groups is 1. The van der Waals surface area contributed by atoms with Gasteiger partial charge in [0.25, 0.3) is 0 Å². The van der Waals surface area contributed by atoms with Gasteiger partial charge in [0.05, 0.1) is 6.04 Å². The van der Waals surface area contributed by atoms with Crippen LogP contribution in [0.2, 0.25) is 0 Å². The first kappa shape index (κ1) is 11.5. The quantitative estimate of drug-likeness (QED) is 0.670. The van der Waals surface area contributed by atoms with Crippen molar-refractivity contribution in [1.29, 1.82) is 0 Å². The molecule has 1 aromatic carbocycles. The number of rotatable bonds is 3. The van der Waals surface area contributed by atoms with Gasteiger partial charge in [0, 0.05) is 0 Å². The average Bonchev–Trinajstić information content (AvgIpc) is 2.10. The minimum Gasteiger partial charge on any atom is -0.508 e. The molecule has 15 heavy (non-hydrogen) atoms. The summed E-state index contributed by atoms with van der Waals surface area (Å²) in [5, 5.41) is 9.34.